The Morgan fingerprint density at radius 2 is 1.91 bits per heavy atom. The number of hydrogen-bond acceptors (Lipinski definition) is 5. The molecular weight excluding hydrogens is 308 g/mol. The van der Waals surface area contributed by atoms with Crippen LogP contribution in [0.5, 0.6) is 5.75 Å². The zero-order valence-electron chi connectivity index (χ0n) is 12.5. The number of unbranched alkanes of at least 4 members (excludes halogenated alkanes) is 1. The summed E-state index contributed by atoms with van der Waals surface area (Å²) in [6.07, 6.45) is 1.69. The number of benzene rings is 1. The molecule has 0 aliphatic carbocycles. The van der Waals surface area contributed by atoms with Crippen LogP contribution in [0.1, 0.15) is 19.8 Å². The van der Waals surface area contributed by atoms with Crippen LogP contribution in [0.15, 0.2) is 29.2 Å². The molecule has 0 radical (unpaired) electrons. The van der Waals surface area contributed by atoms with Crippen molar-refractivity contribution in [1.29, 1.82) is 0 Å². The van der Waals surface area contributed by atoms with Crippen LogP contribution in [0.3, 0.4) is 0 Å². The minimum absolute atomic E-state index is 0.136. The Labute approximate surface area is 130 Å². The lowest BCUT2D eigenvalue weighted by Gasteiger charge is -2.09. The van der Waals surface area contributed by atoms with Gasteiger partial charge in [-0.25, -0.2) is 13.1 Å². The topological polar surface area (TPSA) is 105 Å². The Hall–Kier alpha value is -1.64. The number of aliphatic hydroxyl groups is 1. The molecule has 8 heteroatoms. The van der Waals surface area contributed by atoms with Gasteiger partial charge in [0.05, 0.1) is 11.5 Å². The Balaban J connectivity index is 2.53. The number of aliphatic hydroxyl groups excluding tert-OH is 1. The number of hydrogen-bond donors (Lipinski definition) is 3. The molecule has 7 nitrogen and oxygen atoms in total. The van der Waals surface area contributed by atoms with E-state index in [1.807, 2.05) is 6.92 Å². The fourth-order valence-electron chi connectivity index (χ4n) is 1.58. The first kappa shape index (κ1) is 18.4. The standard InChI is InChI=1S/C14H22N2O5S/c1-2-3-8-16-22(19,20)13-6-4-12(5-7-13)21-11-14(18)15-9-10-17/h4-7,16-17H,2-3,8-11H2,1H3,(H,15,18). The van der Waals surface area contributed by atoms with Crippen LogP contribution in [0.2, 0.25) is 0 Å². The SMILES string of the molecule is CCCCNS(=O)(=O)c1ccc(OCC(=O)NCCO)cc1. The van der Waals surface area contributed by atoms with E-state index < -0.39 is 10.0 Å². The van der Waals surface area contributed by atoms with Gasteiger partial charge in [0, 0.05) is 13.1 Å². The highest BCUT2D eigenvalue weighted by atomic mass is 32.2. The summed E-state index contributed by atoms with van der Waals surface area (Å²) < 4.78 is 31.7. The van der Waals surface area contributed by atoms with E-state index in [2.05, 4.69) is 10.0 Å². The lowest BCUT2D eigenvalue weighted by atomic mass is 10.3. The highest BCUT2D eigenvalue weighted by Crippen LogP contribution is 2.15. The number of carbonyl (C=O) groups excluding carboxylic acids is 1. The number of rotatable bonds is 10. The Morgan fingerprint density at radius 3 is 2.50 bits per heavy atom. The predicted octanol–water partition coefficient (Wildman–Crippen LogP) is 0.252. The quantitative estimate of drug-likeness (QED) is 0.534. The molecule has 0 bridgehead atoms. The van der Waals surface area contributed by atoms with Crippen LogP contribution >= 0.6 is 0 Å². The van der Waals surface area contributed by atoms with Crippen LogP contribution in [0, 0.1) is 0 Å². The largest absolute Gasteiger partial charge is 0.484 e. The van der Waals surface area contributed by atoms with E-state index in [0.29, 0.717) is 12.3 Å². The molecule has 1 aromatic carbocycles. The van der Waals surface area contributed by atoms with E-state index >= 15 is 0 Å². The summed E-state index contributed by atoms with van der Waals surface area (Å²) in [6.45, 7) is 2.23. The first-order valence-electron chi connectivity index (χ1n) is 7.09. The maximum Gasteiger partial charge on any atom is 0.258 e. The van der Waals surface area contributed by atoms with Gasteiger partial charge >= 0.3 is 0 Å². The van der Waals surface area contributed by atoms with Gasteiger partial charge in [-0.1, -0.05) is 13.3 Å². The van der Waals surface area contributed by atoms with Crippen molar-refractivity contribution < 1.29 is 23.1 Å². The molecular formula is C14H22N2O5S. The molecule has 0 unspecified atom stereocenters. The third-order valence-electron chi connectivity index (χ3n) is 2.76. The van der Waals surface area contributed by atoms with Crippen molar-refractivity contribution in [2.75, 3.05) is 26.3 Å². The van der Waals surface area contributed by atoms with Crippen molar-refractivity contribution in [1.82, 2.24) is 10.0 Å². The molecule has 0 aromatic heterocycles. The number of sulfonamides is 1. The minimum atomic E-state index is -3.51. The van der Waals surface area contributed by atoms with Crippen molar-refractivity contribution in [3.05, 3.63) is 24.3 Å². The summed E-state index contributed by atoms with van der Waals surface area (Å²) in [4.78, 5) is 11.4. The van der Waals surface area contributed by atoms with Gasteiger partial charge in [0.2, 0.25) is 10.0 Å². The van der Waals surface area contributed by atoms with E-state index in [1.165, 1.54) is 24.3 Å². The van der Waals surface area contributed by atoms with Crippen LogP contribution in [-0.4, -0.2) is 45.7 Å². The molecule has 0 aliphatic rings. The molecule has 1 rings (SSSR count). The van der Waals surface area contributed by atoms with E-state index in [-0.39, 0.29) is 30.6 Å². The molecule has 0 spiro atoms. The smallest absolute Gasteiger partial charge is 0.258 e. The number of ether oxygens (including phenoxy) is 1. The zero-order chi connectivity index (χ0) is 16.4. The normalized spacial score (nSPS) is 11.2. The monoisotopic (exact) mass is 330 g/mol. The van der Waals surface area contributed by atoms with Gasteiger partial charge in [-0.3, -0.25) is 4.79 Å². The maximum absolute atomic E-state index is 12.0. The molecule has 0 fully saturated rings. The fourth-order valence-corrected chi connectivity index (χ4v) is 2.65. The van der Waals surface area contributed by atoms with E-state index in [4.69, 9.17) is 9.84 Å². The van der Waals surface area contributed by atoms with Gasteiger partial charge in [-0.05, 0) is 30.7 Å². The van der Waals surface area contributed by atoms with Gasteiger partial charge in [0.15, 0.2) is 6.61 Å². The molecule has 0 saturated carbocycles. The lowest BCUT2D eigenvalue weighted by molar-refractivity contribution is -0.123. The third kappa shape index (κ3) is 6.42. The summed E-state index contributed by atoms with van der Waals surface area (Å²) in [6, 6.07) is 5.84. The number of amides is 1. The minimum Gasteiger partial charge on any atom is -0.484 e. The Morgan fingerprint density at radius 1 is 1.23 bits per heavy atom. The highest BCUT2D eigenvalue weighted by Gasteiger charge is 2.13. The Bertz CT molecular complexity index is 557. The van der Waals surface area contributed by atoms with E-state index in [0.717, 1.165) is 12.8 Å². The van der Waals surface area contributed by atoms with Crippen molar-refractivity contribution in [2.24, 2.45) is 0 Å². The lowest BCUT2D eigenvalue weighted by Crippen LogP contribution is -2.31. The van der Waals surface area contributed by atoms with Crippen molar-refractivity contribution in [3.63, 3.8) is 0 Å². The Kier molecular flexibility index (Phi) is 7.86. The van der Waals surface area contributed by atoms with Crippen LogP contribution in [-0.2, 0) is 14.8 Å². The first-order valence-corrected chi connectivity index (χ1v) is 8.58. The molecule has 0 atom stereocenters. The molecule has 3 N–H and O–H groups in total. The van der Waals surface area contributed by atoms with Crippen molar-refractivity contribution in [3.8, 4) is 5.75 Å². The molecule has 0 saturated heterocycles. The average Bonchev–Trinajstić information content (AvgIpc) is 2.51. The molecule has 124 valence electrons. The van der Waals surface area contributed by atoms with Crippen LogP contribution < -0.4 is 14.8 Å². The molecule has 1 aromatic rings. The maximum atomic E-state index is 12.0. The van der Waals surface area contributed by atoms with Gasteiger partial charge in [0.25, 0.3) is 5.91 Å². The van der Waals surface area contributed by atoms with Crippen molar-refractivity contribution in [2.45, 2.75) is 24.7 Å². The van der Waals surface area contributed by atoms with E-state index in [9.17, 15) is 13.2 Å². The zero-order valence-corrected chi connectivity index (χ0v) is 13.4. The first-order chi connectivity index (χ1) is 10.5. The summed E-state index contributed by atoms with van der Waals surface area (Å²) in [7, 11) is -3.51. The van der Waals surface area contributed by atoms with Gasteiger partial charge < -0.3 is 15.2 Å². The predicted molar refractivity (Wildman–Crippen MR) is 82.1 cm³/mol. The van der Waals surface area contributed by atoms with Crippen LogP contribution in [0.4, 0.5) is 0 Å². The second-order valence-corrected chi connectivity index (χ2v) is 6.35. The fraction of sp³-hybridized carbons (Fsp3) is 0.500. The second-order valence-electron chi connectivity index (χ2n) is 4.58. The highest BCUT2D eigenvalue weighted by molar-refractivity contribution is 7.89. The summed E-state index contributed by atoms with van der Waals surface area (Å²) in [5.74, 6) is 0.0404. The van der Waals surface area contributed by atoms with Gasteiger partial charge in [-0.2, -0.15) is 0 Å². The molecule has 0 heterocycles. The molecule has 22 heavy (non-hydrogen) atoms. The van der Waals surface area contributed by atoms with Crippen LogP contribution in [0.25, 0.3) is 0 Å². The summed E-state index contributed by atoms with van der Waals surface area (Å²) in [5, 5.41) is 11.0. The average molecular weight is 330 g/mol. The third-order valence-corrected chi connectivity index (χ3v) is 4.24. The number of carbonyl (C=O) groups is 1. The van der Waals surface area contributed by atoms with E-state index in [1.54, 1.807) is 0 Å². The van der Waals surface area contributed by atoms with Gasteiger partial charge in [0.1, 0.15) is 5.75 Å². The molecule has 1 amide bonds. The van der Waals surface area contributed by atoms with Crippen molar-refractivity contribution >= 4 is 15.9 Å². The second kappa shape index (κ2) is 9.39. The molecule has 0 aliphatic heterocycles. The summed E-state index contributed by atoms with van der Waals surface area (Å²) in [5.41, 5.74) is 0. The van der Waals surface area contributed by atoms with Gasteiger partial charge in [-0.15, -0.1) is 0 Å². The number of nitrogens with one attached hydrogen (secondary N) is 2. The summed E-state index contributed by atoms with van der Waals surface area (Å²) >= 11 is 0.